The summed E-state index contributed by atoms with van der Waals surface area (Å²) >= 11 is 0. The Morgan fingerprint density at radius 3 is 2.55 bits per heavy atom. The number of esters is 1. The van der Waals surface area contributed by atoms with E-state index in [9.17, 15) is 18.5 Å². The molecule has 8 heteroatoms. The molecular formula is C21H19NO6S. The van der Waals surface area contributed by atoms with Crippen LogP contribution in [0.4, 0.5) is 0 Å². The molecule has 0 aromatic heterocycles. The normalized spacial score (nSPS) is 24.6. The van der Waals surface area contributed by atoms with Gasteiger partial charge in [-0.2, -0.15) is 5.26 Å². The van der Waals surface area contributed by atoms with E-state index >= 15 is 0 Å². The van der Waals surface area contributed by atoms with Gasteiger partial charge in [0.15, 0.2) is 26.8 Å². The lowest BCUT2D eigenvalue weighted by molar-refractivity contribution is -0.147. The molecule has 0 N–H and O–H groups in total. The summed E-state index contributed by atoms with van der Waals surface area (Å²) in [6.45, 7) is 3.58. The first kappa shape index (κ1) is 19.3. The lowest BCUT2D eigenvalue weighted by atomic mass is 10.0. The minimum absolute atomic E-state index is 0.0490. The summed E-state index contributed by atoms with van der Waals surface area (Å²) in [6.07, 6.45) is 0. The SMILES string of the molecule is CCOC(=O)[C@]1(C#N)[C@H](c2ccc3c(c2)OCO3)[C@@H]1S(=O)(=O)c1ccc(C)cc1. The van der Waals surface area contributed by atoms with E-state index in [-0.39, 0.29) is 18.3 Å². The Morgan fingerprint density at radius 2 is 1.90 bits per heavy atom. The summed E-state index contributed by atoms with van der Waals surface area (Å²) in [6, 6.07) is 13.3. The number of carbonyl (C=O) groups is 1. The van der Waals surface area contributed by atoms with E-state index in [0.29, 0.717) is 17.1 Å². The highest BCUT2D eigenvalue weighted by Gasteiger charge is 2.77. The smallest absolute Gasteiger partial charge is 0.328 e. The Morgan fingerprint density at radius 1 is 1.21 bits per heavy atom. The second kappa shape index (κ2) is 6.78. The van der Waals surface area contributed by atoms with Crippen molar-refractivity contribution in [2.75, 3.05) is 13.4 Å². The van der Waals surface area contributed by atoms with Gasteiger partial charge in [-0.05, 0) is 43.7 Å². The number of aryl methyl sites for hydroxylation is 1. The standard InChI is InChI=1S/C21H19NO6S/c1-3-26-20(23)21(11-22)18(14-6-9-16-17(10-14)28-12-27-16)19(21)29(24,25)15-7-4-13(2)5-8-15/h4-10,18-19H,3,12H2,1-2H3/t18-,19+,21-/m1/s1. The van der Waals surface area contributed by atoms with E-state index in [1.165, 1.54) is 12.1 Å². The van der Waals surface area contributed by atoms with Gasteiger partial charge >= 0.3 is 5.97 Å². The fourth-order valence-corrected chi connectivity index (χ4v) is 6.12. The number of sulfone groups is 1. The van der Waals surface area contributed by atoms with Crippen molar-refractivity contribution >= 4 is 15.8 Å². The van der Waals surface area contributed by atoms with E-state index in [0.717, 1.165) is 5.56 Å². The van der Waals surface area contributed by atoms with Gasteiger partial charge in [0, 0.05) is 5.92 Å². The molecular weight excluding hydrogens is 394 g/mol. The molecule has 3 atom stereocenters. The van der Waals surface area contributed by atoms with Crippen molar-refractivity contribution < 1.29 is 27.4 Å². The van der Waals surface area contributed by atoms with Crippen molar-refractivity contribution in [1.82, 2.24) is 0 Å². The topological polar surface area (TPSA) is 103 Å². The van der Waals surface area contributed by atoms with Gasteiger partial charge in [0.05, 0.1) is 17.6 Å². The molecule has 1 fully saturated rings. The maximum Gasteiger partial charge on any atom is 0.328 e. The predicted octanol–water partition coefficient (Wildman–Crippen LogP) is 2.74. The van der Waals surface area contributed by atoms with Gasteiger partial charge in [-0.15, -0.1) is 0 Å². The largest absolute Gasteiger partial charge is 0.465 e. The molecule has 150 valence electrons. The molecule has 0 saturated heterocycles. The first-order chi connectivity index (χ1) is 13.9. The van der Waals surface area contributed by atoms with E-state index < -0.39 is 32.4 Å². The predicted molar refractivity (Wildman–Crippen MR) is 102 cm³/mol. The molecule has 0 amide bonds. The van der Waals surface area contributed by atoms with Gasteiger partial charge in [-0.25, -0.2) is 8.42 Å². The zero-order valence-corrected chi connectivity index (χ0v) is 16.7. The van der Waals surface area contributed by atoms with E-state index in [4.69, 9.17) is 14.2 Å². The molecule has 2 aliphatic rings. The molecule has 1 saturated carbocycles. The number of carbonyl (C=O) groups excluding carboxylic acids is 1. The van der Waals surface area contributed by atoms with Gasteiger partial charge < -0.3 is 14.2 Å². The Balaban J connectivity index is 1.82. The van der Waals surface area contributed by atoms with Crippen molar-refractivity contribution in [2.45, 2.75) is 29.9 Å². The van der Waals surface area contributed by atoms with Gasteiger partial charge in [0.2, 0.25) is 6.79 Å². The number of nitrogens with zero attached hydrogens (tertiary/aromatic N) is 1. The molecule has 4 rings (SSSR count). The van der Waals surface area contributed by atoms with Crippen LogP contribution in [0.2, 0.25) is 0 Å². The van der Waals surface area contributed by atoms with Crippen LogP contribution in [0.25, 0.3) is 0 Å². The summed E-state index contributed by atoms with van der Waals surface area (Å²) in [4.78, 5) is 12.8. The number of rotatable bonds is 5. The molecule has 0 unspecified atom stereocenters. The second-order valence-corrected chi connectivity index (χ2v) is 9.14. The first-order valence-corrected chi connectivity index (χ1v) is 10.7. The van der Waals surface area contributed by atoms with Crippen LogP contribution in [0.5, 0.6) is 11.5 Å². The van der Waals surface area contributed by atoms with E-state index in [1.807, 2.05) is 13.0 Å². The van der Waals surface area contributed by atoms with Crippen molar-refractivity contribution in [2.24, 2.45) is 5.41 Å². The Kier molecular flexibility index (Phi) is 4.50. The third kappa shape index (κ3) is 2.85. The third-order valence-electron chi connectivity index (χ3n) is 5.37. The second-order valence-electron chi connectivity index (χ2n) is 7.07. The highest BCUT2D eigenvalue weighted by atomic mass is 32.2. The van der Waals surface area contributed by atoms with Crippen LogP contribution >= 0.6 is 0 Å². The van der Waals surface area contributed by atoms with Crippen molar-refractivity contribution in [3.63, 3.8) is 0 Å². The van der Waals surface area contributed by atoms with Crippen molar-refractivity contribution in [3.8, 4) is 17.6 Å². The molecule has 1 aliphatic carbocycles. The molecule has 0 radical (unpaired) electrons. The van der Waals surface area contributed by atoms with Crippen molar-refractivity contribution in [1.29, 1.82) is 5.26 Å². The zero-order valence-electron chi connectivity index (χ0n) is 15.9. The molecule has 1 heterocycles. The van der Waals surface area contributed by atoms with Gasteiger partial charge in [-0.1, -0.05) is 23.8 Å². The molecule has 29 heavy (non-hydrogen) atoms. The summed E-state index contributed by atoms with van der Waals surface area (Å²) in [5.74, 6) is -0.708. The summed E-state index contributed by atoms with van der Waals surface area (Å²) in [5, 5.41) is 8.68. The summed E-state index contributed by atoms with van der Waals surface area (Å²) in [5.41, 5.74) is -0.387. The molecule has 2 aromatic rings. The first-order valence-electron chi connectivity index (χ1n) is 9.15. The van der Waals surface area contributed by atoms with E-state index in [1.54, 1.807) is 37.3 Å². The summed E-state index contributed by atoms with van der Waals surface area (Å²) < 4.78 is 42.6. The van der Waals surface area contributed by atoms with Crippen LogP contribution in [0.3, 0.4) is 0 Å². The lowest BCUT2D eigenvalue weighted by Crippen LogP contribution is -2.25. The summed E-state index contributed by atoms with van der Waals surface area (Å²) in [7, 11) is -3.97. The molecule has 0 bridgehead atoms. The van der Waals surface area contributed by atoms with Crippen LogP contribution in [-0.2, 0) is 19.4 Å². The number of ether oxygens (including phenoxy) is 3. The van der Waals surface area contributed by atoms with Crippen LogP contribution in [0.15, 0.2) is 47.4 Å². The molecule has 1 aliphatic heterocycles. The number of nitriles is 1. The van der Waals surface area contributed by atoms with Crippen molar-refractivity contribution in [3.05, 3.63) is 53.6 Å². The Bertz CT molecular complexity index is 1120. The fraction of sp³-hybridized carbons (Fsp3) is 0.333. The lowest BCUT2D eigenvalue weighted by Gasteiger charge is -2.09. The maximum atomic E-state index is 13.4. The molecule has 7 nitrogen and oxygen atoms in total. The van der Waals surface area contributed by atoms with Gasteiger partial charge in [0.1, 0.15) is 5.25 Å². The van der Waals surface area contributed by atoms with E-state index in [2.05, 4.69) is 0 Å². The number of fused-ring (bicyclic) bond motifs is 1. The highest BCUT2D eigenvalue weighted by molar-refractivity contribution is 7.92. The van der Waals surface area contributed by atoms with Crippen LogP contribution < -0.4 is 9.47 Å². The fourth-order valence-electron chi connectivity index (χ4n) is 3.87. The van der Waals surface area contributed by atoms with Gasteiger partial charge in [-0.3, -0.25) is 4.79 Å². The monoisotopic (exact) mass is 413 g/mol. The maximum absolute atomic E-state index is 13.4. The van der Waals surface area contributed by atoms with Crippen LogP contribution in [0, 0.1) is 23.7 Å². The average Bonchev–Trinajstić information content (AvgIpc) is 3.20. The third-order valence-corrected chi connectivity index (χ3v) is 7.61. The molecule has 0 spiro atoms. The number of hydrogen-bond donors (Lipinski definition) is 0. The number of hydrogen-bond acceptors (Lipinski definition) is 7. The molecule has 2 aromatic carbocycles. The highest BCUT2D eigenvalue weighted by Crippen LogP contribution is 2.65. The minimum Gasteiger partial charge on any atom is -0.465 e. The Hall–Kier alpha value is -3.05. The number of benzene rings is 2. The van der Waals surface area contributed by atoms with Crippen LogP contribution in [-0.4, -0.2) is 33.0 Å². The van der Waals surface area contributed by atoms with Crippen LogP contribution in [0.1, 0.15) is 24.0 Å². The quantitative estimate of drug-likeness (QED) is 0.695. The minimum atomic E-state index is -3.97. The van der Waals surface area contributed by atoms with Gasteiger partial charge in [0.25, 0.3) is 0 Å². The Labute approximate surface area is 168 Å². The zero-order chi connectivity index (χ0) is 20.8. The average molecular weight is 413 g/mol.